The fraction of sp³-hybridized carbons (Fsp3) is 0.556. The lowest BCUT2D eigenvalue weighted by Gasteiger charge is -2.34. The minimum absolute atomic E-state index is 0.0167. The zero-order valence-electron chi connectivity index (χ0n) is 18.9. The highest BCUT2D eigenvalue weighted by Gasteiger charge is 2.29. The summed E-state index contributed by atoms with van der Waals surface area (Å²) in [5, 5.41) is 2.85. The van der Waals surface area contributed by atoms with Gasteiger partial charge in [-0.1, -0.05) is 49.8 Å². The van der Waals surface area contributed by atoms with Crippen molar-refractivity contribution in [3.05, 3.63) is 47.7 Å². The van der Waals surface area contributed by atoms with Crippen molar-refractivity contribution in [1.29, 1.82) is 0 Å². The maximum absolute atomic E-state index is 12.7. The van der Waals surface area contributed by atoms with Crippen molar-refractivity contribution in [2.45, 2.75) is 69.8 Å². The average Bonchev–Trinajstić information content (AvgIpc) is 2.82. The van der Waals surface area contributed by atoms with E-state index >= 15 is 0 Å². The van der Waals surface area contributed by atoms with Crippen molar-refractivity contribution in [3.63, 3.8) is 0 Å². The van der Waals surface area contributed by atoms with Gasteiger partial charge in [-0.3, -0.25) is 9.59 Å². The summed E-state index contributed by atoms with van der Waals surface area (Å²) < 4.78 is 5.97. The van der Waals surface area contributed by atoms with E-state index in [1.54, 1.807) is 0 Å². The van der Waals surface area contributed by atoms with E-state index in [4.69, 9.17) is 4.74 Å². The lowest BCUT2D eigenvalue weighted by Crippen LogP contribution is -2.44. The molecule has 0 bridgehead atoms. The number of hydrogen-bond donors (Lipinski definition) is 1. The maximum atomic E-state index is 12.7. The number of carbonyl (C=O) groups excluding carboxylic acids is 2. The van der Waals surface area contributed by atoms with Crippen molar-refractivity contribution < 1.29 is 14.3 Å². The van der Waals surface area contributed by atoms with Crippen LogP contribution in [-0.2, 0) is 14.3 Å². The molecule has 3 fully saturated rings. The monoisotopic (exact) mass is 434 g/mol. The van der Waals surface area contributed by atoms with Gasteiger partial charge >= 0.3 is 0 Å². The highest BCUT2D eigenvalue weighted by molar-refractivity contribution is 5.86. The molecule has 2 aliphatic heterocycles. The fourth-order valence-corrected chi connectivity index (χ4v) is 5.07. The summed E-state index contributed by atoms with van der Waals surface area (Å²) in [5.74, 6) is 6.77. The normalized spacial score (nSPS) is 22.8. The van der Waals surface area contributed by atoms with Gasteiger partial charge in [-0.2, -0.15) is 0 Å². The lowest BCUT2D eigenvalue weighted by molar-refractivity contribution is -0.139. The molecule has 1 saturated carbocycles. The molecule has 0 spiro atoms. The van der Waals surface area contributed by atoms with Crippen LogP contribution in [0.15, 0.2) is 36.5 Å². The van der Waals surface area contributed by atoms with Crippen LogP contribution in [0.4, 0.5) is 0 Å². The number of allylic oxidation sites excluding steroid dienone is 1. The Morgan fingerprint density at radius 2 is 1.91 bits per heavy atom. The summed E-state index contributed by atoms with van der Waals surface area (Å²) in [6.45, 7) is 5.82. The van der Waals surface area contributed by atoms with Crippen molar-refractivity contribution >= 4 is 11.8 Å². The Morgan fingerprint density at radius 3 is 2.66 bits per heavy atom. The summed E-state index contributed by atoms with van der Waals surface area (Å²) in [5.41, 5.74) is 2.69. The predicted octanol–water partition coefficient (Wildman–Crippen LogP) is 4.13. The van der Waals surface area contributed by atoms with Crippen LogP contribution in [0.2, 0.25) is 0 Å². The number of likely N-dealkylation sites (tertiary alicyclic amines) is 1. The molecule has 0 radical (unpaired) electrons. The number of carbonyl (C=O) groups is 2. The molecule has 0 aromatic heterocycles. The van der Waals surface area contributed by atoms with E-state index in [0.717, 1.165) is 68.4 Å². The van der Waals surface area contributed by atoms with E-state index in [1.165, 1.54) is 19.3 Å². The zero-order chi connectivity index (χ0) is 22.3. The molecule has 1 unspecified atom stereocenters. The third-order valence-corrected chi connectivity index (χ3v) is 6.97. The predicted molar refractivity (Wildman–Crippen MR) is 125 cm³/mol. The molecule has 2 amide bonds. The molecular formula is C27H34N2O3. The minimum atomic E-state index is -0.139. The molecule has 5 nitrogen and oxygen atoms in total. The summed E-state index contributed by atoms with van der Waals surface area (Å²) >= 11 is 0. The molecule has 1 aromatic carbocycles. The Labute approximate surface area is 191 Å². The van der Waals surface area contributed by atoms with Gasteiger partial charge in [-0.15, -0.1) is 0 Å². The Balaban J connectivity index is 1.22. The average molecular weight is 435 g/mol. The second kappa shape index (κ2) is 10.8. The highest BCUT2D eigenvalue weighted by atomic mass is 16.5. The van der Waals surface area contributed by atoms with E-state index in [9.17, 15) is 9.59 Å². The lowest BCUT2D eigenvalue weighted by atomic mass is 9.88. The number of piperidine rings is 2. The Bertz CT molecular complexity index is 899. The first-order chi connectivity index (χ1) is 15.6. The van der Waals surface area contributed by atoms with Gasteiger partial charge in [0.25, 0.3) is 0 Å². The van der Waals surface area contributed by atoms with Crippen LogP contribution in [0.5, 0.6) is 0 Å². The van der Waals surface area contributed by atoms with E-state index in [-0.39, 0.29) is 23.8 Å². The fourth-order valence-electron chi connectivity index (χ4n) is 5.07. The molecule has 4 rings (SSSR count). The van der Waals surface area contributed by atoms with Crippen molar-refractivity contribution in [1.82, 2.24) is 10.2 Å². The standard InChI is InChI=1S/C27H34N2O3/c1-20-12-13-25(26(30)28-20)23-11-5-7-21(19-23)8-6-18-32-24-14-16-29(17-15-24)27(31)22-9-3-2-4-10-22/h5,7,11,19,22,24-25H,1-4,9-10,12-18H2,(H,28,30). The molecule has 1 N–H and O–H groups in total. The van der Waals surface area contributed by atoms with Gasteiger partial charge < -0.3 is 15.0 Å². The van der Waals surface area contributed by atoms with Crippen LogP contribution in [0.3, 0.4) is 0 Å². The number of benzene rings is 1. The first-order valence-electron chi connectivity index (χ1n) is 12.1. The third kappa shape index (κ3) is 5.81. The van der Waals surface area contributed by atoms with Gasteiger partial charge in [0.1, 0.15) is 6.61 Å². The Kier molecular flexibility index (Phi) is 7.65. The van der Waals surface area contributed by atoms with E-state index in [1.807, 2.05) is 29.2 Å². The van der Waals surface area contributed by atoms with Crippen LogP contribution >= 0.6 is 0 Å². The molecule has 170 valence electrons. The van der Waals surface area contributed by atoms with Crippen LogP contribution in [0, 0.1) is 17.8 Å². The van der Waals surface area contributed by atoms with Crippen LogP contribution in [0.1, 0.15) is 74.8 Å². The van der Waals surface area contributed by atoms with Crippen molar-refractivity contribution in [3.8, 4) is 11.8 Å². The first-order valence-corrected chi connectivity index (χ1v) is 12.1. The Morgan fingerprint density at radius 1 is 1.12 bits per heavy atom. The van der Waals surface area contributed by atoms with Crippen molar-refractivity contribution in [2.75, 3.05) is 19.7 Å². The zero-order valence-corrected chi connectivity index (χ0v) is 18.9. The topological polar surface area (TPSA) is 58.6 Å². The summed E-state index contributed by atoms with van der Waals surface area (Å²) in [4.78, 5) is 27.0. The Hall–Kier alpha value is -2.58. The molecule has 2 heterocycles. The largest absolute Gasteiger partial charge is 0.365 e. The second-order valence-corrected chi connectivity index (χ2v) is 9.28. The highest BCUT2D eigenvalue weighted by Crippen LogP contribution is 2.28. The molecule has 5 heteroatoms. The van der Waals surface area contributed by atoms with E-state index in [2.05, 4.69) is 23.7 Å². The SMILES string of the molecule is C=C1CCC(c2cccc(C#CCOC3CCN(C(=O)C4CCCCC4)CC3)c2)C(=O)N1. The van der Waals surface area contributed by atoms with Gasteiger partial charge in [0.15, 0.2) is 0 Å². The number of amides is 2. The number of ether oxygens (including phenoxy) is 1. The van der Waals surface area contributed by atoms with Gasteiger partial charge in [-0.25, -0.2) is 0 Å². The molecule has 1 aromatic rings. The number of nitrogens with zero attached hydrogens (tertiary/aromatic N) is 1. The molecule has 3 aliphatic rings. The van der Waals surface area contributed by atoms with Gasteiger partial charge in [-0.05, 0) is 56.2 Å². The molecule has 32 heavy (non-hydrogen) atoms. The van der Waals surface area contributed by atoms with E-state index < -0.39 is 0 Å². The first kappa shape index (κ1) is 22.6. The van der Waals surface area contributed by atoms with Crippen LogP contribution < -0.4 is 5.32 Å². The molecular weight excluding hydrogens is 400 g/mol. The van der Waals surface area contributed by atoms with Gasteiger partial charge in [0.05, 0.1) is 12.0 Å². The number of rotatable bonds is 4. The quantitative estimate of drug-likeness (QED) is 0.725. The van der Waals surface area contributed by atoms with E-state index in [0.29, 0.717) is 12.5 Å². The van der Waals surface area contributed by atoms with Crippen molar-refractivity contribution in [2.24, 2.45) is 5.92 Å². The van der Waals surface area contributed by atoms with Gasteiger partial charge in [0.2, 0.25) is 11.8 Å². The summed E-state index contributed by atoms with van der Waals surface area (Å²) in [6.07, 6.45) is 9.33. The summed E-state index contributed by atoms with van der Waals surface area (Å²) in [6, 6.07) is 7.91. The van der Waals surface area contributed by atoms with Gasteiger partial charge in [0, 0.05) is 30.3 Å². The summed E-state index contributed by atoms with van der Waals surface area (Å²) in [7, 11) is 0. The van der Waals surface area contributed by atoms with Crippen LogP contribution in [-0.4, -0.2) is 42.5 Å². The smallest absolute Gasteiger partial charge is 0.231 e. The molecule has 2 saturated heterocycles. The molecule has 1 aliphatic carbocycles. The second-order valence-electron chi connectivity index (χ2n) is 9.28. The number of hydrogen-bond acceptors (Lipinski definition) is 3. The number of nitrogens with one attached hydrogen (secondary N) is 1. The molecule has 1 atom stereocenters. The third-order valence-electron chi connectivity index (χ3n) is 6.97. The minimum Gasteiger partial charge on any atom is -0.365 e. The van der Waals surface area contributed by atoms with Crippen LogP contribution in [0.25, 0.3) is 0 Å². The maximum Gasteiger partial charge on any atom is 0.231 e.